The summed E-state index contributed by atoms with van der Waals surface area (Å²) in [7, 11) is 0. The number of para-hydroxylation sites is 1. The fourth-order valence-corrected chi connectivity index (χ4v) is 3.81. The molecule has 27 heavy (non-hydrogen) atoms. The van der Waals surface area contributed by atoms with Crippen LogP contribution in [0.1, 0.15) is 19.4 Å². The van der Waals surface area contributed by atoms with Gasteiger partial charge in [-0.3, -0.25) is 4.99 Å². The van der Waals surface area contributed by atoms with Crippen molar-refractivity contribution in [3.05, 3.63) is 83.4 Å². The molecule has 0 saturated carbocycles. The monoisotopic (exact) mass is 394 g/mol. The summed E-state index contributed by atoms with van der Waals surface area (Å²) < 4.78 is 0. The highest BCUT2D eigenvalue weighted by molar-refractivity contribution is 7.99. The Morgan fingerprint density at radius 3 is 2.22 bits per heavy atom. The lowest BCUT2D eigenvalue weighted by Crippen LogP contribution is -2.21. The average Bonchev–Trinajstić information content (AvgIpc) is 2.71. The van der Waals surface area contributed by atoms with Crippen LogP contribution in [0.3, 0.4) is 0 Å². The lowest BCUT2D eigenvalue weighted by molar-refractivity contribution is 0.866. The Balaban J connectivity index is 1.76. The molecule has 0 aromatic heterocycles. The highest BCUT2D eigenvalue weighted by Gasteiger charge is 2.04. The largest absolute Gasteiger partial charge is 0.372 e. The number of benzene rings is 3. The summed E-state index contributed by atoms with van der Waals surface area (Å²) in [5, 5.41) is 0.749. The first kappa shape index (κ1) is 19.5. The van der Waals surface area contributed by atoms with Crippen molar-refractivity contribution in [3.63, 3.8) is 0 Å². The molecule has 138 valence electrons. The minimum atomic E-state index is 0.749. The fourth-order valence-electron chi connectivity index (χ4n) is 2.78. The summed E-state index contributed by atoms with van der Waals surface area (Å²) in [5.74, 6) is 0. The maximum absolute atomic E-state index is 5.98. The van der Waals surface area contributed by atoms with Crippen molar-refractivity contribution < 1.29 is 0 Å². The molecule has 0 aliphatic rings. The minimum Gasteiger partial charge on any atom is -0.372 e. The Labute approximate surface area is 170 Å². The first-order valence-electron chi connectivity index (χ1n) is 9.11. The molecule has 0 bridgehead atoms. The van der Waals surface area contributed by atoms with Crippen molar-refractivity contribution in [1.82, 2.24) is 0 Å². The zero-order chi connectivity index (χ0) is 19.1. The van der Waals surface area contributed by atoms with Crippen molar-refractivity contribution in [2.75, 3.05) is 18.0 Å². The summed E-state index contributed by atoms with van der Waals surface area (Å²) >= 11 is 7.67. The van der Waals surface area contributed by atoms with Crippen molar-refractivity contribution >= 4 is 41.0 Å². The molecule has 2 nitrogen and oxygen atoms in total. The number of nitrogens with zero attached hydrogens (tertiary/aromatic N) is 2. The molecule has 0 atom stereocenters. The number of halogens is 1. The quantitative estimate of drug-likeness (QED) is 0.397. The molecule has 3 aromatic rings. The van der Waals surface area contributed by atoms with Crippen molar-refractivity contribution in [2.45, 2.75) is 23.6 Å². The van der Waals surface area contributed by atoms with E-state index in [0.29, 0.717) is 0 Å². The predicted molar refractivity (Wildman–Crippen MR) is 119 cm³/mol. The van der Waals surface area contributed by atoms with Gasteiger partial charge in [0.25, 0.3) is 0 Å². The number of hydrogen-bond acceptors (Lipinski definition) is 3. The molecule has 0 fully saturated rings. The second-order valence-electron chi connectivity index (χ2n) is 6.05. The van der Waals surface area contributed by atoms with Gasteiger partial charge in [0.05, 0.1) is 5.69 Å². The fraction of sp³-hybridized carbons (Fsp3) is 0.174. The topological polar surface area (TPSA) is 15.6 Å². The van der Waals surface area contributed by atoms with Crippen LogP contribution in [0.2, 0.25) is 5.02 Å². The van der Waals surface area contributed by atoms with Crippen molar-refractivity contribution in [1.29, 1.82) is 0 Å². The predicted octanol–water partition coefficient (Wildman–Crippen LogP) is 7.09. The number of aliphatic imine (C=N–C) groups is 1. The summed E-state index contributed by atoms with van der Waals surface area (Å²) in [4.78, 5) is 9.32. The van der Waals surface area contributed by atoms with Gasteiger partial charge in [-0.15, -0.1) is 0 Å². The van der Waals surface area contributed by atoms with Crippen molar-refractivity contribution in [2.24, 2.45) is 4.99 Å². The van der Waals surface area contributed by atoms with Crippen LogP contribution in [0.15, 0.2) is 87.6 Å². The Morgan fingerprint density at radius 2 is 1.56 bits per heavy atom. The van der Waals surface area contributed by atoms with E-state index in [2.05, 4.69) is 49.1 Å². The molecule has 0 aliphatic heterocycles. The number of anilines is 1. The van der Waals surface area contributed by atoms with Crippen LogP contribution >= 0.6 is 23.4 Å². The second kappa shape index (κ2) is 9.63. The van der Waals surface area contributed by atoms with Gasteiger partial charge in [-0.25, -0.2) is 0 Å². The molecular formula is C23H23ClN2S. The molecule has 0 spiro atoms. The van der Waals surface area contributed by atoms with E-state index in [9.17, 15) is 0 Å². The maximum atomic E-state index is 5.98. The van der Waals surface area contributed by atoms with Crippen LogP contribution < -0.4 is 4.90 Å². The second-order valence-corrected chi connectivity index (χ2v) is 7.60. The van der Waals surface area contributed by atoms with Crippen LogP contribution in [-0.2, 0) is 0 Å². The normalized spacial score (nSPS) is 11.1. The molecule has 0 amide bonds. The SMILES string of the molecule is CCN(CC)c1ccc(C=Nc2ccccc2Sc2ccc(Cl)cc2)cc1. The summed E-state index contributed by atoms with van der Waals surface area (Å²) in [6, 6.07) is 24.6. The molecule has 3 rings (SSSR count). The lowest BCUT2D eigenvalue weighted by atomic mass is 10.2. The standard InChI is InChI=1S/C23H23ClN2S/c1-3-26(4-2)20-13-9-18(10-14-20)17-25-22-7-5-6-8-23(22)27-21-15-11-19(24)12-16-21/h5-17H,3-4H2,1-2H3. The third kappa shape index (κ3) is 5.38. The van der Waals surface area contributed by atoms with E-state index in [1.54, 1.807) is 11.8 Å². The van der Waals surface area contributed by atoms with Gasteiger partial charge < -0.3 is 4.90 Å². The number of rotatable bonds is 7. The summed E-state index contributed by atoms with van der Waals surface area (Å²) in [6.07, 6.45) is 1.92. The van der Waals surface area contributed by atoms with E-state index >= 15 is 0 Å². The minimum absolute atomic E-state index is 0.749. The van der Waals surface area contributed by atoms with E-state index in [1.807, 2.05) is 48.7 Å². The van der Waals surface area contributed by atoms with Crippen LogP contribution in [0.25, 0.3) is 0 Å². The van der Waals surface area contributed by atoms with Gasteiger partial charge in [0.2, 0.25) is 0 Å². The third-order valence-corrected chi connectivity index (χ3v) is 5.61. The first-order chi connectivity index (χ1) is 13.2. The van der Waals surface area contributed by atoms with Crippen LogP contribution in [-0.4, -0.2) is 19.3 Å². The maximum Gasteiger partial charge on any atom is 0.0769 e. The van der Waals surface area contributed by atoms with Crippen LogP contribution in [0, 0.1) is 0 Å². The smallest absolute Gasteiger partial charge is 0.0769 e. The molecule has 3 aromatic carbocycles. The van der Waals surface area contributed by atoms with Gasteiger partial charge in [-0.1, -0.05) is 47.6 Å². The molecular weight excluding hydrogens is 372 g/mol. The zero-order valence-electron chi connectivity index (χ0n) is 15.6. The van der Waals surface area contributed by atoms with E-state index < -0.39 is 0 Å². The molecule has 0 radical (unpaired) electrons. The molecule has 0 saturated heterocycles. The lowest BCUT2D eigenvalue weighted by Gasteiger charge is -2.20. The Hall–Kier alpha value is -2.23. The van der Waals surface area contributed by atoms with E-state index in [-0.39, 0.29) is 0 Å². The molecule has 4 heteroatoms. The van der Waals surface area contributed by atoms with Crippen LogP contribution in [0.4, 0.5) is 11.4 Å². The van der Waals surface area contributed by atoms with E-state index in [1.165, 1.54) is 5.69 Å². The van der Waals surface area contributed by atoms with Gasteiger partial charge in [0.1, 0.15) is 0 Å². The number of hydrogen-bond donors (Lipinski definition) is 0. The highest BCUT2D eigenvalue weighted by atomic mass is 35.5. The molecule has 0 unspecified atom stereocenters. The first-order valence-corrected chi connectivity index (χ1v) is 10.3. The van der Waals surface area contributed by atoms with Crippen molar-refractivity contribution in [3.8, 4) is 0 Å². The van der Waals surface area contributed by atoms with Gasteiger partial charge >= 0.3 is 0 Å². The Bertz CT molecular complexity index is 885. The Morgan fingerprint density at radius 1 is 0.889 bits per heavy atom. The average molecular weight is 395 g/mol. The summed E-state index contributed by atoms with van der Waals surface area (Å²) in [5.41, 5.74) is 3.30. The van der Waals surface area contributed by atoms with Crippen LogP contribution in [0.5, 0.6) is 0 Å². The van der Waals surface area contributed by atoms with Gasteiger partial charge in [-0.05, 0) is 67.9 Å². The van der Waals surface area contributed by atoms with Gasteiger partial charge in [0, 0.05) is 39.8 Å². The Kier molecular flexibility index (Phi) is 6.97. The van der Waals surface area contributed by atoms with Gasteiger partial charge in [-0.2, -0.15) is 0 Å². The molecule has 0 heterocycles. The zero-order valence-corrected chi connectivity index (χ0v) is 17.2. The highest BCUT2D eigenvalue weighted by Crippen LogP contribution is 2.35. The molecule has 0 N–H and O–H groups in total. The summed E-state index contributed by atoms with van der Waals surface area (Å²) in [6.45, 7) is 6.38. The third-order valence-electron chi connectivity index (χ3n) is 4.28. The molecule has 0 aliphatic carbocycles. The van der Waals surface area contributed by atoms with E-state index in [0.717, 1.165) is 39.2 Å². The van der Waals surface area contributed by atoms with E-state index in [4.69, 9.17) is 16.6 Å². The van der Waals surface area contributed by atoms with Gasteiger partial charge in [0.15, 0.2) is 0 Å².